The number of nitrogens with zero attached hydrogens (tertiary/aromatic N) is 6. The molecule has 186 valence electrons. The Morgan fingerprint density at radius 1 is 1.17 bits per heavy atom. The molecule has 3 aromatic heterocycles. The molecule has 0 bridgehead atoms. The Balaban J connectivity index is 1.46. The lowest BCUT2D eigenvalue weighted by molar-refractivity contribution is 0.320. The van der Waals surface area contributed by atoms with Gasteiger partial charge in [-0.2, -0.15) is 9.61 Å². The third-order valence-corrected chi connectivity index (χ3v) is 9.57. The molecule has 0 aliphatic carbocycles. The van der Waals surface area contributed by atoms with Gasteiger partial charge in [-0.15, -0.1) is 0 Å². The summed E-state index contributed by atoms with van der Waals surface area (Å²) < 4.78 is 40.4. The van der Waals surface area contributed by atoms with Gasteiger partial charge in [0.2, 0.25) is 15.0 Å². The standard InChI is InChI=1S/C22H26FN7O2S3/c1-4-16-20(28(2)21-26-17(18(24)33-21)13-5-7-15(23)8-6-13)30-22(25-16)34-19(27-30)14-9-11-29(12-10-14)35(3,31)32/h5-8,14H,4,9-12,24H2,1-3H3. The predicted molar refractivity (Wildman–Crippen MR) is 139 cm³/mol. The molecule has 4 aromatic rings. The molecule has 1 aliphatic heterocycles. The van der Waals surface area contributed by atoms with Gasteiger partial charge < -0.3 is 10.6 Å². The number of anilines is 3. The number of aryl methyl sites for hydroxylation is 1. The SMILES string of the molecule is CCc1nc2sc(C3CCN(S(C)(=O)=O)CC3)nn2c1N(C)c1nc(-c2ccc(F)cc2)c(N)s1. The van der Waals surface area contributed by atoms with Crippen LogP contribution in [0.1, 0.15) is 36.4 Å². The van der Waals surface area contributed by atoms with Gasteiger partial charge in [-0.05, 0) is 43.5 Å². The van der Waals surface area contributed by atoms with Crippen LogP contribution in [0.15, 0.2) is 24.3 Å². The van der Waals surface area contributed by atoms with Gasteiger partial charge in [0.25, 0.3) is 0 Å². The number of nitrogen functional groups attached to an aromatic ring is 1. The summed E-state index contributed by atoms with van der Waals surface area (Å²) in [5, 5.41) is 7.10. The highest BCUT2D eigenvalue weighted by atomic mass is 32.2. The Kier molecular flexibility index (Phi) is 6.28. The van der Waals surface area contributed by atoms with E-state index >= 15 is 0 Å². The fourth-order valence-electron chi connectivity index (χ4n) is 4.34. The Labute approximate surface area is 211 Å². The van der Waals surface area contributed by atoms with Gasteiger partial charge in [-0.3, -0.25) is 0 Å². The molecule has 1 saturated heterocycles. The largest absolute Gasteiger partial charge is 0.389 e. The van der Waals surface area contributed by atoms with Gasteiger partial charge in [-0.25, -0.2) is 27.1 Å². The molecule has 1 fully saturated rings. The first-order valence-electron chi connectivity index (χ1n) is 11.2. The summed E-state index contributed by atoms with van der Waals surface area (Å²) in [6, 6.07) is 6.12. The van der Waals surface area contributed by atoms with Crippen molar-refractivity contribution in [2.75, 3.05) is 37.0 Å². The van der Waals surface area contributed by atoms with Gasteiger partial charge >= 0.3 is 0 Å². The average Bonchev–Trinajstić information content (AvgIpc) is 3.51. The molecule has 9 nitrogen and oxygen atoms in total. The van der Waals surface area contributed by atoms with Crippen LogP contribution >= 0.6 is 22.7 Å². The number of hydrogen-bond acceptors (Lipinski definition) is 9. The average molecular weight is 536 g/mol. The third kappa shape index (κ3) is 4.53. The number of aromatic nitrogens is 4. The minimum atomic E-state index is -3.17. The van der Waals surface area contributed by atoms with Crippen molar-refractivity contribution in [2.45, 2.75) is 32.1 Å². The summed E-state index contributed by atoms with van der Waals surface area (Å²) in [5.41, 5.74) is 8.56. The number of thiazole rings is 1. The van der Waals surface area contributed by atoms with E-state index in [0.29, 0.717) is 28.9 Å². The summed E-state index contributed by atoms with van der Waals surface area (Å²) >= 11 is 2.91. The molecule has 2 N–H and O–H groups in total. The summed E-state index contributed by atoms with van der Waals surface area (Å²) in [5.74, 6) is 0.719. The van der Waals surface area contributed by atoms with Gasteiger partial charge in [0, 0.05) is 31.6 Å². The number of halogens is 1. The van der Waals surface area contributed by atoms with Crippen LogP contribution in [0.25, 0.3) is 16.2 Å². The van der Waals surface area contributed by atoms with Crippen LogP contribution in [-0.2, 0) is 16.4 Å². The fraction of sp³-hybridized carbons (Fsp3) is 0.409. The van der Waals surface area contributed by atoms with E-state index in [0.717, 1.165) is 46.3 Å². The molecule has 5 rings (SSSR count). The van der Waals surface area contributed by atoms with E-state index in [4.69, 9.17) is 20.8 Å². The van der Waals surface area contributed by atoms with Crippen LogP contribution < -0.4 is 10.6 Å². The maximum Gasteiger partial charge on any atom is 0.214 e. The topological polar surface area (TPSA) is 110 Å². The zero-order valence-electron chi connectivity index (χ0n) is 19.6. The number of benzene rings is 1. The molecule has 0 radical (unpaired) electrons. The minimum Gasteiger partial charge on any atom is -0.389 e. The molecule has 1 aliphatic rings. The lowest BCUT2D eigenvalue weighted by Crippen LogP contribution is -2.37. The second kappa shape index (κ2) is 9.12. The summed E-state index contributed by atoms with van der Waals surface area (Å²) in [7, 11) is -1.25. The first-order valence-corrected chi connectivity index (χ1v) is 14.7. The number of sulfonamides is 1. The normalized spacial score (nSPS) is 15.8. The molecule has 0 spiro atoms. The summed E-state index contributed by atoms with van der Waals surface area (Å²) in [4.78, 5) is 12.3. The van der Waals surface area contributed by atoms with Gasteiger partial charge in [-0.1, -0.05) is 29.6 Å². The molecule has 13 heteroatoms. The number of piperidine rings is 1. The van der Waals surface area contributed by atoms with E-state index in [1.165, 1.54) is 34.0 Å². The summed E-state index contributed by atoms with van der Waals surface area (Å²) in [6.07, 6.45) is 3.45. The van der Waals surface area contributed by atoms with E-state index in [1.807, 2.05) is 23.4 Å². The minimum absolute atomic E-state index is 0.198. The number of hydrogen-bond donors (Lipinski definition) is 1. The van der Waals surface area contributed by atoms with Crippen LogP contribution in [0.5, 0.6) is 0 Å². The molecule has 0 amide bonds. The van der Waals surface area contributed by atoms with Gasteiger partial charge in [0.15, 0.2) is 10.9 Å². The van der Waals surface area contributed by atoms with Crippen molar-refractivity contribution in [3.8, 4) is 11.3 Å². The molecule has 0 unspecified atom stereocenters. The van der Waals surface area contributed by atoms with Crippen LogP contribution in [0.4, 0.5) is 20.3 Å². The number of fused-ring (bicyclic) bond motifs is 1. The highest BCUT2D eigenvalue weighted by Gasteiger charge is 2.29. The first kappa shape index (κ1) is 24.1. The van der Waals surface area contributed by atoms with Gasteiger partial charge in [0.1, 0.15) is 21.5 Å². The van der Waals surface area contributed by atoms with Crippen molar-refractivity contribution in [3.63, 3.8) is 0 Å². The monoisotopic (exact) mass is 535 g/mol. The maximum absolute atomic E-state index is 13.4. The van der Waals surface area contributed by atoms with E-state index in [2.05, 4.69) is 0 Å². The van der Waals surface area contributed by atoms with E-state index in [-0.39, 0.29) is 11.7 Å². The van der Waals surface area contributed by atoms with Crippen LogP contribution in [0.3, 0.4) is 0 Å². The maximum atomic E-state index is 13.4. The van der Waals surface area contributed by atoms with Gasteiger partial charge in [0.05, 0.1) is 11.9 Å². The first-order chi connectivity index (χ1) is 16.7. The van der Waals surface area contributed by atoms with Crippen LogP contribution in [0.2, 0.25) is 0 Å². The second-order valence-corrected chi connectivity index (χ2v) is 12.6. The third-order valence-electron chi connectivity index (χ3n) is 6.24. The van der Waals surface area contributed by atoms with Crippen molar-refractivity contribution in [1.29, 1.82) is 0 Å². The quantitative estimate of drug-likeness (QED) is 0.396. The smallest absolute Gasteiger partial charge is 0.214 e. The molecule has 1 aromatic carbocycles. The number of nitrogens with two attached hydrogens (primary N) is 1. The van der Waals surface area contributed by atoms with E-state index in [1.54, 1.807) is 23.5 Å². The van der Waals surface area contributed by atoms with Crippen LogP contribution in [-0.4, -0.2) is 58.7 Å². The Morgan fingerprint density at radius 2 is 1.86 bits per heavy atom. The fourth-order valence-corrected chi connectivity index (χ4v) is 7.11. The summed E-state index contributed by atoms with van der Waals surface area (Å²) in [6.45, 7) is 3.05. The van der Waals surface area contributed by atoms with Crippen molar-refractivity contribution in [1.82, 2.24) is 23.9 Å². The van der Waals surface area contributed by atoms with Crippen molar-refractivity contribution >= 4 is 53.6 Å². The molecular weight excluding hydrogens is 509 g/mol. The Morgan fingerprint density at radius 3 is 2.49 bits per heavy atom. The molecule has 0 saturated carbocycles. The zero-order valence-corrected chi connectivity index (χ0v) is 22.1. The highest BCUT2D eigenvalue weighted by Crippen LogP contribution is 2.40. The van der Waals surface area contributed by atoms with Crippen molar-refractivity contribution in [3.05, 3.63) is 40.8 Å². The highest BCUT2D eigenvalue weighted by molar-refractivity contribution is 7.88. The lowest BCUT2D eigenvalue weighted by atomic mass is 9.99. The number of rotatable bonds is 6. The lowest BCUT2D eigenvalue weighted by Gasteiger charge is -2.28. The molecule has 0 atom stereocenters. The number of imidazole rings is 1. The zero-order chi connectivity index (χ0) is 24.9. The van der Waals surface area contributed by atoms with E-state index in [9.17, 15) is 12.8 Å². The molecule has 4 heterocycles. The predicted octanol–water partition coefficient (Wildman–Crippen LogP) is 4.10. The van der Waals surface area contributed by atoms with E-state index < -0.39 is 10.0 Å². The molecule has 35 heavy (non-hydrogen) atoms. The van der Waals surface area contributed by atoms with Crippen molar-refractivity contribution < 1.29 is 12.8 Å². The Bertz CT molecular complexity index is 1470. The van der Waals surface area contributed by atoms with Crippen LogP contribution in [0, 0.1) is 5.82 Å². The second-order valence-electron chi connectivity index (χ2n) is 8.58. The van der Waals surface area contributed by atoms with Crippen molar-refractivity contribution in [2.24, 2.45) is 0 Å². The molecular formula is C22H26FN7O2S3. The Hall–Kier alpha value is -2.61.